The van der Waals surface area contributed by atoms with E-state index in [1.54, 1.807) is 28.4 Å². The summed E-state index contributed by atoms with van der Waals surface area (Å²) >= 11 is 1.65. The molecule has 0 bridgehead atoms. The molecule has 0 spiro atoms. The van der Waals surface area contributed by atoms with Gasteiger partial charge in [0.1, 0.15) is 17.7 Å². The lowest BCUT2D eigenvalue weighted by molar-refractivity contribution is -0.125. The molecule has 6 nitrogen and oxygen atoms in total. The molecule has 2 fully saturated rings. The fraction of sp³-hybridized carbons (Fsp3) is 0.400. The summed E-state index contributed by atoms with van der Waals surface area (Å²) < 4.78 is 27.2. The predicted octanol–water partition coefficient (Wildman–Crippen LogP) is 4.70. The van der Waals surface area contributed by atoms with Gasteiger partial charge in [-0.05, 0) is 85.5 Å². The molecule has 2 atom stereocenters. The highest BCUT2D eigenvalue weighted by Crippen LogP contribution is 2.29. The number of nitrogens with two attached hydrogens (primary N) is 1. The molecule has 1 aromatic heterocycles. The van der Waals surface area contributed by atoms with Gasteiger partial charge in [0, 0.05) is 48.2 Å². The molecule has 2 aromatic carbocycles. The number of hydrogen-bond donors (Lipinski definition) is 2. The van der Waals surface area contributed by atoms with E-state index in [0.717, 1.165) is 31.2 Å². The predicted molar refractivity (Wildman–Crippen MR) is 148 cm³/mol. The van der Waals surface area contributed by atoms with E-state index in [1.165, 1.54) is 41.3 Å². The Balaban J connectivity index is 1.39. The van der Waals surface area contributed by atoms with Crippen LogP contribution >= 0.6 is 11.3 Å². The first-order valence-electron chi connectivity index (χ1n) is 13.5. The second kappa shape index (κ2) is 12.4. The second-order valence-electron chi connectivity index (χ2n) is 10.6. The number of thiophene rings is 1. The van der Waals surface area contributed by atoms with Crippen molar-refractivity contribution in [3.63, 3.8) is 0 Å². The molecule has 2 unspecified atom stereocenters. The van der Waals surface area contributed by atoms with Gasteiger partial charge in [0.05, 0.1) is 0 Å². The van der Waals surface area contributed by atoms with Crippen molar-refractivity contribution in [2.75, 3.05) is 6.54 Å². The van der Waals surface area contributed by atoms with Gasteiger partial charge in [-0.1, -0.05) is 18.2 Å². The highest BCUT2D eigenvalue weighted by atomic mass is 32.1. The van der Waals surface area contributed by atoms with Gasteiger partial charge >= 0.3 is 0 Å². The van der Waals surface area contributed by atoms with Crippen LogP contribution in [0.3, 0.4) is 0 Å². The number of nitrogens with one attached hydrogen (secondary N) is 1. The molecule has 1 aliphatic heterocycles. The Kier molecular flexibility index (Phi) is 8.69. The molecule has 1 aliphatic carbocycles. The average Bonchev–Trinajstić information content (AvgIpc) is 3.61. The number of nitrogens with zero attached hydrogens (tertiary/aromatic N) is 2. The van der Waals surface area contributed by atoms with Crippen molar-refractivity contribution in [2.24, 2.45) is 5.73 Å². The highest BCUT2D eigenvalue weighted by molar-refractivity contribution is 7.09. The van der Waals surface area contributed by atoms with Crippen LogP contribution in [0.25, 0.3) is 0 Å². The van der Waals surface area contributed by atoms with Crippen LogP contribution in [0.4, 0.5) is 8.78 Å². The van der Waals surface area contributed by atoms with Crippen LogP contribution < -0.4 is 11.1 Å². The maximum atomic E-state index is 13.6. The van der Waals surface area contributed by atoms with Crippen LogP contribution in [-0.2, 0) is 17.9 Å². The van der Waals surface area contributed by atoms with E-state index < -0.39 is 11.9 Å². The van der Waals surface area contributed by atoms with Crippen molar-refractivity contribution in [2.45, 2.75) is 69.4 Å². The minimum atomic E-state index is -0.651. The first kappa shape index (κ1) is 27.4. The van der Waals surface area contributed by atoms with Crippen molar-refractivity contribution >= 4 is 23.2 Å². The molecule has 1 saturated carbocycles. The zero-order valence-electron chi connectivity index (χ0n) is 21.8. The first-order chi connectivity index (χ1) is 18.9. The van der Waals surface area contributed by atoms with E-state index in [9.17, 15) is 18.4 Å². The number of amides is 2. The molecule has 2 aliphatic rings. The van der Waals surface area contributed by atoms with E-state index in [1.807, 2.05) is 11.4 Å². The number of carbonyl (C=O) groups is 2. The summed E-state index contributed by atoms with van der Waals surface area (Å²) in [6.45, 7) is 1.56. The second-order valence-corrected chi connectivity index (χ2v) is 11.6. The third-order valence-electron chi connectivity index (χ3n) is 7.81. The van der Waals surface area contributed by atoms with Crippen molar-refractivity contribution in [1.82, 2.24) is 15.1 Å². The van der Waals surface area contributed by atoms with Gasteiger partial charge in [-0.2, -0.15) is 0 Å². The number of benzene rings is 2. The van der Waals surface area contributed by atoms with E-state index >= 15 is 0 Å². The largest absolute Gasteiger partial charge is 0.352 e. The van der Waals surface area contributed by atoms with Crippen LogP contribution in [0.1, 0.15) is 52.9 Å². The monoisotopic (exact) mass is 552 g/mol. The Morgan fingerprint density at radius 1 is 0.949 bits per heavy atom. The van der Waals surface area contributed by atoms with Gasteiger partial charge < -0.3 is 16.0 Å². The molecule has 2 heterocycles. The average molecular weight is 553 g/mol. The fourth-order valence-electron chi connectivity index (χ4n) is 5.61. The van der Waals surface area contributed by atoms with Crippen molar-refractivity contribution in [1.29, 1.82) is 0 Å². The Bertz CT molecular complexity index is 1240. The molecule has 9 heteroatoms. The minimum absolute atomic E-state index is 0.0422. The van der Waals surface area contributed by atoms with Gasteiger partial charge in [0.2, 0.25) is 5.91 Å². The molecule has 206 valence electrons. The molecule has 2 amide bonds. The lowest BCUT2D eigenvalue weighted by Gasteiger charge is -2.30. The van der Waals surface area contributed by atoms with E-state index in [2.05, 4.69) is 16.3 Å². The quantitative estimate of drug-likeness (QED) is 0.425. The van der Waals surface area contributed by atoms with E-state index in [4.69, 9.17) is 5.73 Å². The Labute approximate surface area is 231 Å². The summed E-state index contributed by atoms with van der Waals surface area (Å²) in [5.41, 5.74) is 7.35. The van der Waals surface area contributed by atoms with Crippen molar-refractivity contribution in [3.05, 3.63) is 93.7 Å². The summed E-state index contributed by atoms with van der Waals surface area (Å²) in [4.78, 5) is 32.3. The fourth-order valence-corrected chi connectivity index (χ4v) is 6.34. The Hall–Kier alpha value is -3.14. The summed E-state index contributed by atoms with van der Waals surface area (Å²) in [5, 5.41) is 5.21. The zero-order chi connectivity index (χ0) is 27.4. The molecular formula is C30H34F2N4O2S. The number of carbonyl (C=O) groups excluding carboxylic acids is 2. The van der Waals surface area contributed by atoms with Gasteiger partial charge in [-0.3, -0.25) is 14.5 Å². The SMILES string of the molecule is NC1CCC(NC(=O)C2CC(N(Cc3ccc(F)cc3)Cc3cccs3)CN2C(=O)c2ccc(F)cc2)CC1. The van der Waals surface area contributed by atoms with Gasteiger partial charge in [0.15, 0.2) is 0 Å². The van der Waals surface area contributed by atoms with Gasteiger partial charge in [-0.15, -0.1) is 11.3 Å². The van der Waals surface area contributed by atoms with Crippen molar-refractivity contribution < 1.29 is 18.4 Å². The highest BCUT2D eigenvalue weighted by Gasteiger charge is 2.42. The van der Waals surface area contributed by atoms with Crippen LogP contribution in [0.5, 0.6) is 0 Å². The normalized spacial score (nSPS) is 23.2. The first-order valence-corrected chi connectivity index (χ1v) is 14.4. The number of likely N-dealkylation sites (tertiary alicyclic amines) is 1. The summed E-state index contributed by atoms with van der Waals surface area (Å²) in [5.74, 6) is -1.16. The van der Waals surface area contributed by atoms with Crippen LogP contribution in [0.15, 0.2) is 66.0 Å². The molecule has 5 rings (SSSR count). The van der Waals surface area contributed by atoms with E-state index in [-0.39, 0.29) is 35.8 Å². The summed E-state index contributed by atoms with van der Waals surface area (Å²) in [6, 6.07) is 15.4. The maximum absolute atomic E-state index is 13.6. The van der Waals surface area contributed by atoms with Crippen LogP contribution in [-0.4, -0.2) is 52.3 Å². The number of rotatable bonds is 8. The molecule has 1 saturated heterocycles. The van der Waals surface area contributed by atoms with Crippen LogP contribution in [0, 0.1) is 11.6 Å². The topological polar surface area (TPSA) is 78.7 Å². The Morgan fingerprint density at radius 3 is 2.26 bits per heavy atom. The molecule has 39 heavy (non-hydrogen) atoms. The lowest BCUT2D eigenvalue weighted by Crippen LogP contribution is -2.50. The van der Waals surface area contributed by atoms with Gasteiger partial charge in [-0.25, -0.2) is 8.78 Å². The van der Waals surface area contributed by atoms with E-state index in [0.29, 0.717) is 31.6 Å². The number of hydrogen-bond acceptors (Lipinski definition) is 5. The zero-order valence-corrected chi connectivity index (χ0v) is 22.6. The summed E-state index contributed by atoms with van der Waals surface area (Å²) in [7, 11) is 0. The molecule has 3 N–H and O–H groups in total. The Morgan fingerprint density at radius 2 is 1.62 bits per heavy atom. The minimum Gasteiger partial charge on any atom is -0.352 e. The third-order valence-corrected chi connectivity index (χ3v) is 8.67. The maximum Gasteiger partial charge on any atom is 0.254 e. The molecular weight excluding hydrogens is 518 g/mol. The third kappa shape index (κ3) is 6.90. The summed E-state index contributed by atoms with van der Waals surface area (Å²) in [6.07, 6.45) is 3.84. The van der Waals surface area contributed by atoms with Gasteiger partial charge in [0.25, 0.3) is 5.91 Å². The molecule has 0 radical (unpaired) electrons. The molecule has 3 aromatic rings. The van der Waals surface area contributed by atoms with Crippen LogP contribution in [0.2, 0.25) is 0 Å². The van der Waals surface area contributed by atoms with Crippen molar-refractivity contribution in [3.8, 4) is 0 Å². The standard InChI is InChI=1S/C30H34F2N4O2S/c31-22-7-3-20(4-8-22)17-35(19-27-2-1-15-39-27)26-16-28(29(37)34-25-13-11-24(33)12-14-25)36(18-26)30(38)21-5-9-23(32)10-6-21/h1-10,15,24-26,28H,11-14,16-19,33H2,(H,34,37). The lowest BCUT2D eigenvalue weighted by atomic mass is 9.91. The number of halogens is 2. The smallest absolute Gasteiger partial charge is 0.254 e.